The van der Waals surface area contributed by atoms with E-state index >= 15 is 0 Å². The molecule has 1 saturated carbocycles. The second-order valence-electron chi connectivity index (χ2n) is 4.32. The molecule has 4 nitrogen and oxygen atoms in total. The van der Waals surface area contributed by atoms with Crippen molar-refractivity contribution in [2.24, 2.45) is 0 Å². The standard InChI is InChI=1S/C12H15BrN2O2/c13-9-3-1-2-4-10(9)15-12(17)8-5-6-11(16)14-7-8/h5-7,9-10H,1-4H2,(H,14,16)(H,15,17). The normalized spacial score (nSPS) is 24.3. The Morgan fingerprint density at radius 2 is 2.12 bits per heavy atom. The molecule has 0 aromatic carbocycles. The van der Waals surface area contributed by atoms with Crippen molar-refractivity contribution < 1.29 is 4.79 Å². The lowest BCUT2D eigenvalue weighted by molar-refractivity contribution is 0.0929. The maximum absolute atomic E-state index is 11.9. The van der Waals surface area contributed by atoms with Crippen LogP contribution in [0.4, 0.5) is 0 Å². The number of nitrogens with one attached hydrogen (secondary N) is 2. The summed E-state index contributed by atoms with van der Waals surface area (Å²) in [6.07, 6.45) is 5.91. The Morgan fingerprint density at radius 1 is 1.35 bits per heavy atom. The van der Waals surface area contributed by atoms with Gasteiger partial charge in [-0.2, -0.15) is 0 Å². The Balaban J connectivity index is 2.01. The highest BCUT2D eigenvalue weighted by Gasteiger charge is 2.24. The van der Waals surface area contributed by atoms with Crippen LogP contribution in [0.1, 0.15) is 36.0 Å². The van der Waals surface area contributed by atoms with Crippen LogP contribution in [0.5, 0.6) is 0 Å². The van der Waals surface area contributed by atoms with Gasteiger partial charge in [0.1, 0.15) is 0 Å². The van der Waals surface area contributed by atoms with Gasteiger partial charge >= 0.3 is 0 Å². The molecule has 1 aliphatic rings. The van der Waals surface area contributed by atoms with Crippen molar-refractivity contribution in [3.05, 3.63) is 34.2 Å². The summed E-state index contributed by atoms with van der Waals surface area (Å²) in [5.41, 5.74) is 0.299. The maximum Gasteiger partial charge on any atom is 0.253 e. The number of H-pyrrole nitrogens is 1. The molecule has 92 valence electrons. The van der Waals surface area contributed by atoms with E-state index in [1.54, 1.807) is 6.07 Å². The fourth-order valence-electron chi connectivity index (χ4n) is 2.05. The van der Waals surface area contributed by atoms with Gasteiger partial charge in [-0.25, -0.2) is 0 Å². The van der Waals surface area contributed by atoms with E-state index in [0.717, 1.165) is 19.3 Å². The molecule has 1 aromatic heterocycles. The van der Waals surface area contributed by atoms with Crippen molar-refractivity contribution in [1.29, 1.82) is 0 Å². The van der Waals surface area contributed by atoms with Crippen molar-refractivity contribution in [2.45, 2.75) is 36.6 Å². The van der Waals surface area contributed by atoms with E-state index in [1.807, 2.05) is 0 Å². The number of hydrogen-bond donors (Lipinski definition) is 2. The highest BCUT2D eigenvalue weighted by Crippen LogP contribution is 2.24. The van der Waals surface area contributed by atoms with Crippen LogP contribution in [0.2, 0.25) is 0 Å². The lowest BCUT2D eigenvalue weighted by atomic mass is 9.95. The third-order valence-corrected chi connectivity index (χ3v) is 4.14. The molecular weight excluding hydrogens is 284 g/mol. The summed E-state index contributed by atoms with van der Waals surface area (Å²) in [5.74, 6) is -0.127. The molecule has 2 unspecified atom stereocenters. The lowest BCUT2D eigenvalue weighted by Crippen LogP contribution is -2.42. The molecule has 2 N–H and O–H groups in total. The summed E-state index contributed by atoms with van der Waals surface area (Å²) in [7, 11) is 0. The van der Waals surface area contributed by atoms with Crippen LogP contribution in [0, 0.1) is 0 Å². The zero-order valence-electron chi connectivity index (χ0n) is 9.41. The Kier molecular flexibility index (Phi) is 3.99. The number of aromatic amines is 1. The van der Waals surface area contributed by atoms with Crippen LogP contribution in [-0.4, -0.2) is 21.8 Å². The first-order valence-electron chi connectivity index (χ1n) is 5.80. The number of amides is 1. The van der Waals surface area contributed by atoms with Gasteiger partial charge in [0.25, 0.3) is 5.91 Å². The summed E-state index contributed by atoms with van der Waals surface area (Å²) >= 11 is 3.59. The first-order chi connectivity index (χ1) is 8.16. The zero-order chi connectivity index (χ0) is 12.3. The first-order valence-corrected chi connectivity index (χ1v) is 6.72. The fraction of sp³-hybridized carbons (Fsp3) is 0.500. The van der Waals surface area contributed by atoms with Gasteiger partial charge in [-0.3, -0.25) is 9.59 Å². The number of pyridine rings is 1. The van der Waals surface area contributed by atoms with Gasteiger partial charge in [-0.15, -0.1) is 0 Å². The molecule has 2 rings (SSSR count). The van der Waals surface area contributed by atoms with Gasteiger partial charge in [0.15, 0.2) is 0 Å². The van der Waals surface area contributed by atoms with Crippen LogP contribution in [0.3, 0.4) is 0 Å². The number of halogens is 1. The van der Waals surface area contributed by atoms with Crippen LogP contribution in [-0.2, 0) is 0 Å². The monoisotopic (exact) mass is 298 g/mol. The predicted molar refractivity (Wildman–Crippen MR) is 69.5 cm³/mol. The quantitative estimate of drug-likeness (QED) is 0.818. The molecule has 5 heteroatoms. The van der Waals surface area contributed by atoms with Crippen LogP contribution in [0.15, 0.2) is 23.1 Å². The fourth-order valence-corrected chi connectivity index (χ4v) is 2.77. The van der Waals surface area contributed by atoms with Gasteiger partial charge in [-0.05, 0) is 18.9 Å². The Bertz CT molecular complexity index is 438. The molecule has 17 heavy (non-hydrogen) atoms. The Morgan fingerprint density at radius 3 is 2.76 bits per heavy atom. The maximum atomic E-state index is 11.9. The molecule has 1 heterocycles. The minimum absolute atomic E-state index is 0.127. The van der Waals surface area contributed by atoms with Crippen molar-refractivity contribution in [3.8, 4) is 0 Å². The van der Waals surface area contributed by atoms with E-state index < -0.39 is 0 Å². The molecule has 0 bridgehead atoms. The van der Waals surface area contributed by atoms with Crippen molar-refractivity contribution in [3.63, 3.8) is 0 Å². The minimum Gasteiger partial charge on any atom is -0.348 e. The number of alkyl halides is 1. The van der Waals surface area contributed by atoms with Gasteiger partial charge in [0.05, 0.1) is 5.56 Å². The lowest BCUT2D eigenvalue weighted by Gasteiger charge is -2.28. The molecule has 1 aromatic rings. The average Bonchev–Trinajstić information content (AvgIpc) is 2.33. The second kappa shape index (κ2) is 5.49. The average molecular weight is 299 g/mol. The van der Waals surface area contributed by atoms with Crippen molar-refractivity contribution in [2.75, 3.05) is 0 Å². The Hall–Kier alpha value is -1.10. The number of hydrogen-bond acceptors (Lipinski definition) is 2. The van der Waals surface area contributed by atoms with Crippen LogP contribution < -0.4 is 10.9 Å². The van der Waals surface area contributed by atoms with Crippen molar-refractivity contribution in [1.82, 2.24) is 10.3 Å². The third-order valence-electron chi connectivity index (χ3n) is 3.04. The van der Waals surface area contributed by atoms with Gasteiger partial charge < -0.3 is 10.3 Å². The van der Waals surface area contributed by atoms with E-state index in [9.17, 15) is 9.59 Å². The summed E-state index contributed by atoms with van der Waals surface area (Å²) < 4.78 is 0. The van der Waals surface area contributed by atoms with E-state index in [-0.39, 0.29) is 17.5 Å². The van der Waals surface area contributed by atoms with E-state index in [2.05, 4.69) is 26.2 Å². The number of rotatable bonds is 2. The SMILES string of the molecule is O=C(NC1CCCCC1Br)c1ccc(=O)[nH]c1. The summed E-state index contributed by atoms with van der Waals surface area (Å²) in [5, 5.41) is 3.00. The molecule has 1 fully saturated rings. The van der Waals surface area contributed by atoms with Gasteiger partial charge in [-0.1, -0.05) is 28.8 Å². The summed E-state index contributed by atoms with van der Waals surface area (Å²) in [4.78, 5) is 25.7. The van der Waals surface area contributed by atoms with Gasteiger partial charge in [0.2, 0.25) is 5.56 Å². The second-order valence-corrected chi connectivity index (χ2v) is 5.50. The predicted octanol–water partition coefficient (Wildman–Crippen LogP) is 1.81. The van der Waals surface area contributed by atoms with E-state index in [1.165, 1.54) is 18.7 Å². The molecule has 0 spiro atoms. The Labute approximate surface area is 108 Å². The minimum atomic E-state index is -0.197. The highest BCUT2D eigenvalue weighted by molar-refractivity contribution is 9.09. The molecule has 1 amide bonds. The van der Waals surface area contributed by atoms with E-state index in [0.29, 0.717) is 10.4 Å². The largest absolute Gasteiger partial charge is 0.348 e. The van der Waals surface area contributed by atoms with Gasteiger partial charge in [0, 0.05) is 23.1 Å². The van der Waals surface area contributed by atoms with Crippen LogP contribution in [0.25, 0.3) is 0 Å². The number of aromatic nitrogens is 1. The molecule has 0 radical (unpaired) electrons. The number of carbonyl (C=O) groups is 1. The molecule has 1 aliphatic carbocycles. The topological polar surface area (TPSA) is 62.0 Å². The van der Waals surface area contributed by atoms with Crippen LogP contribution >= 0.6 is 15.9 Å². The number of carbonyl (C=O) groups excluding carboxylic acids is 1. The molecular formula is C12H15BrN2O2. The molecule has 2 atom stereocenters. The van der Waals surface area contributed by atoms with E-state index in [4.69, 9.17) is 0 Å². The first kappa shape index (κ1) is 12.4. The summed E-state index contributed by atoms with van der Waals surface area (Å²) in [6, 6.07) is 3.09. The smallest absolute Gasteiger partial charge is 0.253 e. The zero-order valence-corrected chi connectivity index (χ0v) is 11.0. The highest BCUT2D eigenvalue weighted by atomic mass is 79.9. The molecule has 0 saturated heterocycles. The summed E-state index contributed by atoms with van der Waals surface area (Å²) in [6.45, 7) is 0. The third kappa shape index (κ3) is 3.19. The molecule has 0 aliphatic heterocycles. The van der Waals surface area contributed by atoms with Crippen molar-refractivity contribution >= 4 is 21.8 Å².